The van der Waals surface area contributed by atoms with E-state index in [-0.39, 0.29) is 32.0 Å². The molecule has 0 aliphatic rings. The summed E-state index contributed by atoms with van der Waals surface area (Å²) >= 11 is 0. The lowest BCUT2D eigenvalue weighted by molar-refractivity contribution is -0.144. The number of benzene rings is 2. The first kappa shape index (κ1) is 18.3. The number of rotatable bonds is 8. The van der Waals surface area contributed by atoms with E-state index in [1.807, 2.05) is 6.07 Å². The van der Waals surface area contributed by atoms with Crippen LogP contribution < -0.4 is 15.4 Å². The highest BCUT2D eigenvalue weighted by atomic mass is 19.1. The predicted molar refractivity (Wildman–Crippen MR) is 90.9 cm³/mol. The van der Waals surface area contributed by atoms with Crippen molar-refractivity contribution in [3.8, 4) is 5.75 Å². The molecule has 2 amide bonds. The third-order valence-electron chi connectivity index (χ3n) is 3.08. The molecule has 132 valence electrons. The van der Waals surface area contributed by atoms with Crippen molar-refractivity contribution in [3.63, 3.8) is 0 Å². The van der Waals surface area contributed by atoms with Crippen LogP contribution in [0.3, 0.4) is 0 Å². The third-order valence-corrected chi connectivity index (χ3v) is 3.08. The molecule has 6 nitrogen and oxygen atoms in total. The van der Waals surface area contributed by atoms with E-state index in [9.17, 15) is 14.0 Å². The number of para-hydroxylation sites is 1. The summed E-state index contributed by atoms with van der Waals surface area (Å²) in [6, 6.07) is 14.1. The van der Waals surface area contributed by atoms with Crippen molar-refractivity contribution in [2.45, 2.75) is 6.42 Å². The molecule has 0 fully saturated rings. The van der Waals surface area contributed by atoms with Crippen molar-refractivity contribution in [2.75, 3.05) is 25.1 Å². The van der Waals surface area contributed by atoms with Crippen molar-refractivity contribution in [3.05, 3.63) is 60.4 Å². The molecule has 0 bridgehead atoms. The molecule has 0 atom stereocenters. The minimum atomic E-state index is -0.442. The van der Waals surface area contributed by atoms with Gasteiger partial charge in [-0.2, -0.15) is 0 Å². The molecular formula is C18H19FN2O4. The molecule has 7 heteroatoms. The molecule has 2 N–H and O–H groups in total. The summed E-state index contributed by atoms with van der Waals surface area (Å²) < 4.78 is 23.0. The minimum absolute atomic E-state index is 0.0543. The number of carbonyl (C=O) groups is 2. The molecular weight excluding hydrogens is 327 g/mol. The number of nitrogens with one attached hydrogen (secondary N) is 2. The number of carbonyl (C=O) groups excluding carboxylic acids is 2. The van der Waals surface area contributed by atoms with Gasteiger partial charge in [0.25, 0.3) is 0 Å². The first-order valence-electron chi connectivity index (χ1n) is 7.77. The van der Waals surface area contributed by atoms with E-state index >= 15 is 0 Å². The molecule has 0 aliphatic heterocycles. The Kier molecular flexibility index (Phi) is 7.24. The van der Waals surface area contributed by atoms with Gasteiger partial charge in [-0.15, -0.1) is 0 Å². The largest absolute Gasteiger partial charge is 0.490 e. The Morgan fingerprint density at radius 1 is 0.960 bits per heavy atom. The zero-order valence-electron chi connectivity index (χ0n) is 13.5. The lowest BCUT2D eigenvalue weighted by Gasteiger charge is -2.09. The van der Waals surface area contributed by atoms with Gasteiger partial charge in [0.2, 0.25) is 0 Å². The van der Waals surface area contributed by atoms with E-state index in [1.54, 1.807) is 24.3 Å². The van der Waals surface area contributed by atoms with E-state index < -0.39 is 12.0 Å². The standard InChI is InChI=1S/C18H19FN2O4/c19-14-6-8-16(9-7-14)24-12-13-25-17(22)10-11-20-18(23)21-15-4-2-1-3-5-15/h1-9H,10-13H2,(H2,20,21,23). The summed E-state index contributed by atoms with van der Waals surface area (Å²) in [4.78, 5) is 23.2. The second-order valence-corrected chi connectivity index (χ2v) is 5.02. The Morgan fingerprint density at radius 2 is 1.68 bits per heavy atom. The Bertz CT molecular complexity index is 677. The predicted octanol–water partition coefficient (Wildman–Crippen LogP) is 2.96. The van der Waals surface area contributed by atoms with Crippen LogP contribution in [0.25, 0.3) is 0 Å². The second kappa shape index (κ2) is 9.92. The maximum Gasteiger partial charge on any atom is 0.319 e. The smallest absolute Gasteiger partial charge is 0.319 e. The van der Waals surface area contributed by atoms with Gasteiger partial charge in [0.1, 0.15) is 24.8 Å². The number of amides is 2. The number of esters is 1. The van der Waals surface area contributed by atoms with Crippen LogP contribution in [-0.4, -0.2) is 31.8 Å². The summed E-state index contributed by atoms with van der Waals surface area (Å²) in [6.07, 6.45) is 0.0543. The molecule has 0 saturated carbocycles. The van der Waals surface area contributed by atoms with Gasteiger partial charge >= 0.3 is 12.0 Å². The van der Waals surface area contributed by atoms with Gasteiger partial charge in [0.05, 0.1) is 6.42 Å². The van der Waals surface area contributed by atoms with Crippen LogP contribution in [0.2, 0.25) is 0 Å². The maximum atomic E-state index is 12.7. The summed E-state index contributed by atoms with van der Waals surface area (Å²) in [5, 5.41) is 5.21. The zero-order chi connectivity index (χ0) is 17.9. The molecule has 25 heavy (non-hydrogen) atoms. The van der Waals surface area contributed by atoms with Crippen LogP contribution in [0.4, 0.5) is 14.9 Å². The first-order chi connectivity index (χ1) is 12.1. The van der Waals surface area contributed by atoms with Crippen molar-refractivity contribution >= 4 is 17.7 Å². The van der Waals surface area contributed by atoms with Crippen molar-refractivity contribution < 1.29 is 23.5 Å². The molecule has 2 aromatic carbocycles. The van der Waals surface area contributed by atoms with Crippen molar-refractivity contribution in [1.29, 1.82) is 0 Å². The Labute approximate surface area is 144 Å². The highest BCUT2D eigenvalue weighted by molar-refractivity contribution is 5.89. The molecule has 0 saturated heterocycles. The van der Waals surface area contributed by atoms with Gasteiger partial charge in [-0.25, -0.2) is 9.18 Å². The van der Waals surface area contributed by atoms with Crippen molar-refractivity contribution in [1.82, 2.24) is 5.32 Å². The quantitative estimate of drug-likeness (QED) is 0.569. The summed E-state index contributed by atoms with van der Waals surface area (Å²) in [5.41, 5.74) is 0.667. The van der Waals surface area contributed by atoms with Crippen molar-refractivity contribution in [2.24, 2.45) is 0 Å². The Morgan fingerprint density at radius 3 is 2.40 bits per heavy atom. The highest BCUT2D eigenvalue weighted by Gasteiger charge is 2.05. The topological polar surface area (TPSA) is 76.7 Å². The number of urea groups is 1. The van der Waals surface area contributed by atoms with Crippen LogP contribution in [-0.2, 0) is 9.53 Å². The SMILES string of the molecule is O=C(NCCC(=O)OCCOc1ccc(F)cc1)Nc1ccccc1. The molecule has 0 aliphatic carbocycles. The average molecular weight is 346 g/mol. The van der Waals surface area contributed by atoms with Gasteiger partial charge < -0.3 is 20.1 Å². The summed E-state index contributed by atoms with van der Waals surface area (Å²) in [7, 11) is 0. The monoisotopic (exact) mass is 346 g/mol. The molecule has 0 unspecified atom stereocenters. The lowest BCUT2D eigenvalue weighted by Crippen LogP contribution is -2.31. The van der Waals surface area contributed by atoms with E-state index in [1.165, 1.54) is 24.3 Å². The van der Waals surface area contributed by atoms with Gasteiger partial charge in [0.15, 0.2) is 0 Å². The zero-order valence-corrected chi connectivity index (χ0v) is 13.5. The van der Waals surface area contributed by atoms with Crippen LogP contribution >= 0.6 is 0 Å². The number of halogens is 1. The molecule has 0 heterocycles. The number of hydrogen-bond donors (Lipinski definition) is 2. The molecule has 2 aromatic rings. The molecule has 0 radical (unpaired) electrons. The van der Waals surface area contributed by atoms with Crippen LogP contribution in [0.15, 0.2) is 54.6 Å². The van der Waals surface area contributed by atoms with Gasteiger partial charge in [0, 0.05) is 12.2 Å². The Hall–Kier alpha value is -3.09. The average Bonchev–Trinajstić information content (AvgIpc) is 2.61. The third kappa shape index (κ3) is 7.34. The molecule has 0 spiro atoms. The van der Waals surface area contributed by atoms with E-state index in [2.05, 4.69) is 10.6 Å². The fraction of sp³-hybridized carbons (Fsp3) is 0.222. The normalized spacial score (nSPS) is 9.96. The van der Waals surface area contributed by atoms with Gasteiger partial charge in [-0.05, 0) is 36.4 Å². The number of anilines is 1. The van der Waals surface area contributed by atoms with Gasteiger partial charge in [-0.1, -0.05) is 18.2 Å². The number of hydrogen-bond acceptors (Lipinski definition) is 4. The highest BCUT2D eigenvalue weighted by Crippen LogP contribution is 2.10. The lowest BCUT2D eigenvalue weighted by atomic mass is 10.3. The van der Waals surface area contributed by atoms with E-state index in [4.69, 9.17) is 9.47 Å². The van der Waals surface area contributed by atoms with Crippen LogP contribution in [0, 0.1) is 5.82 Å². The second-order valence-electron chi connectivity index (χ2n) is 5.02. The fourth-order valence-corrected chi connectivity index (χ4v) is 1.89. The van der Waals surface area contributed by atoms with Crippen LogP contribution in [0.1, 0.15) is 6.42 Å². The van der Waals surface area contributed by atoms with Gasteiger partial charge in [-0.3, -0.25) is 4.79 Å². The molecule has 0 aromatic heterocycles. The van der Waals surface area contributed by atoms with Crippen LogP contribution in [0.5, 0.6) is 5.75 Å². The summed E-state index contributed by atoms with van der Waals surface area (Å²) in [5.74, 6) is -0.290. The fourth-order valence-electron chi connectivity index (χ4n) is 1.89. The van der Waals surface area contributed by atoms with E-state index in [0.717, 1.165) is 0 Å². The summed E-state index contributed by atoms with van der Waals surface area (Å²) in [6.45, 7) is 0.405. The number of ether oxygens (including phenoxy) is 2. The first-order valence-corrected chi connectivity index (χ1v) is 7.77. The minimum Gasteiger partial charge on any atom is -0.490 e. The maximum absolute atomic E-state index is 12.7. The molecule has 2 rings (SSSR count). The Balaban J connectivity index is 1.53. The van der Waals surface area contributed by atoms with E-state index in [0.29, 0.717) is 11.4 Å².